The van der Waals surface area contributed by atoms with Crippen LogP contribution in [0.2, 0.25) is 0 Å². The minimum absolute atomic E-state index is 0.132. The van der Waals surface area contributed by atoms with Gasteiger partial charge in [0, 0.05) is 18.3 Å². The zero-order valence-corrected chi connectivity index (χ0v) is 15.5. The average molecular weight is 351 g/mol. The van der Waals surface area contributed by atoms with E-state index < -0.39 is 0 Å². The molecule has 1 aliphatic heterocycles. The number of carbonyl (C=O) groups excluding carboxylic acids is 1. The Bertz CT molecular complexity index is 702. The molecular formula is C22H29N3O. The fourth-order valence-electron chi connectivity index (χ4n) is 3.71. The van der Waals surface area contributed by atoms with Gasteiger partial charge in [0.1, 0.15) is 0 Å². The Morgan fingerprint density at radius 3 is 2.81 bits per heavy atom. The van der Waals surface area contributed by atoms with Gasteiger partial charge in [0.25, 0.3) is 0 Å². The molecule has 3 N–H and O–H groups in total. The number of urea groups is 1. The van der Waals surface area contributed by atoms with Gasteiger partial charge in [-0.1, -0.05) is 42.5 Å². The van der Waals surface area contributed by atoms with Crippen LogP contribution in [-0.2, 0) is 6.42 Å². The Labute approximate surface area is 156 Å². The molecule has 2 aromatic rings. The van der Waals surface area contributed by atoms with Gasteiger partial charge in [-0.2, -0.15) is 0 Å². The average Bonchev–Trinajstić information content (AvgIpc) is 2.63. The van der Waals surface area contributed by atoms with Gasteiger partial charge < -0.3 is 16.0 Å². The summed E-state index contributed by atoms with van der Waals surface area (Å²) in [4.78, 5) is 12.0. The van der Waals surface area contributed by atoms with Crippen LogP contribution in [-0.4, -0.2) is 25.2 Å². The second-order valence-corrected chi connectivity index (χ2v) is 7.27. The molecule has 1 heterocycles. The van der Waals surface area contributed by atoms with Crippen LogP contribution < -0.4 is 16.0 Å². The summed E-state index contributed by atoms with van der Waals surface area (Å²) in [5.74, 6) is 0.727. The zero-order chi connectivity index (χ0) is 18.2. The zero-order valence-electron chi connectivity index (χ0n) is 15.5. The fraction of sp³-hybridized carbons (Fsp3) is 0.409. The number of nitrogens with one attached hydrogen (secondary N) is 3. The van der Waals surface area contributed by atoms with Gasteiger partial charge in [0.05, 0.1) is 0 Å². The van der Waals surface area contributed by atoms with Crippen LogP contribution in [0.15, 0.2) is 54.6 Å². The van der Waals surface area contributed by atoms with Gasteiger partial charge in [-0.3, -0.25) is 0 Å². The molecule has 2 atom stereocenters. The first kappa shape index (κ1) is 18.5. The fourth-order valence-corrected chi connectivity index (χ4v) is 3.71. The van der Waals surface area contributed by atoms with E-state index in [9.17, 15) is 4.79 Å². The van der Waals surface area contributed by atoms with E-state index in [-0.39, 0.29) is 6.03 Å². The molecule has 138 valence electrons. The predicted octanol–water partition coefficient (Wildman–Crippen LogP) is 4.12. The number of anilines is 1. The largest absolute Gasteiger partial charge is 0.338 e. The summed E-state index contributed by atoms with van der Waals surface area (Å²) >= 11 is 0. The Kier molecular flexibility index (Phi) is 6.67. The number of carbonyl (C=O) groups is 1. The van der Waals surface area contributed by atoms with E-state index >= 15 is 0 Å². The number of benzene rings is 2. The molecule has 4 heteroatoms. The van der Waals surface area contributed by atoms with Crippen LogP contribution in [0, 0.1) is 12.8 Å². The normalized spacial score (nSPS) is 19.7. The molecule has 1 aliphatic rings. The smallest absolute Gasteiger partial charge is 0.319 e. The van der Waals surface area contributed by atoms with E-state index in [1.54, 1.807) is 0 Å². The maximum Gasteiger partial charge on any atom is 0.319 e. The molecule has 0 spiro atoms. The number of piperidine rings is 1. The molecule has 1 fully saturated rings. The topological polar surface area (TPSA) is 53.2 Å². The molecule has 0 aliphatic carbocycles. The van der Waals surface area contributed by atoms with Crippen molar-refractivity contribution in [3.05, 3.63) is 65.7 Å². The van der Waals surface area contributed by atoms with E-state index in [0.29, 0.717) is 12.6 Å². The van der Waals surface area contributed by atoms with Crippen molar-refractivity contribution < 1.29 is 4.79 Å². The Morgan fingerprint density at radius 1 is 1.15 bits per heavy atom. The summed E-state index contributed by atoms with van der Waals surface area (Å²) in [5, 5.41) is 9.46. The third-order valence-electron chi connectivity index (χ3n) is 5.02. The van der Waals surface area contributed by atoms with Crippen molar-refractivity contribution >= 4 is 11.7 Å². The van der Waals surface area contributed by atoms with Crippen LogP contribution in [0.4, 0.5) is 10.5 Å². The van der Waals surface area contributed by atoms with Crippen molar-refractivity contribution in [1.82, 2.24) is 10.6 Å². The standard InChI is InChI=1S/C22H29N3O/c1-17-6-5-9-21(14-17)25-22(26)24-13-11-20-16-19(10-12-23-20)15-18-7-3-2-4-8-18/h2-9,14,19-20,23H,10-13,15-16H2,1H3,(H2,24,25,26)/t19-,20-/m0/s1. The first-order chi connectivity index (χ1) is 12.7. The van der Waals surface area contributed by atoms with E-state index in [4.69, 9.17) is 0 Å². The van der Waals surface area contributed by atoms with Crippen LogP contribution in [0.5, 0.6) is 0 Å². The Hall–Kier alpha value is -2.33. The van der Waals surface area contributed by atoms with E-state index in [0.717, 1.165) is 36.6 Å². The summed E-state index contributed by atoms with van der Waals surface area (Å²) < 4.78 is 0. The molecule has 0 bridgehead atoms. The minimum atomic E-state index is -0.132. The third-order valence-corrected chi connectivity index (χ3v) is 5.02. The molecule has 0 aromatic heterocycles. The van der Waals surface area contributed by atoms with E-state index in [2.05, 4.69) is 46.3 Å². The summed E-state index contributed by atoms with van der Waals surface area (Å²) in [5.41, 5.74) is 3.40. The van der Waals surface area contributed by atoms with Crippen molar-refractivity contribution in [3.8, 4) is 0 Å². The second-order valence-electron chi connectivity index (χ2n) is 7.27. The molecule has 2 aromatic carbocycles. The molecule has 0 radical (unpaired) electrons. The lowest BCUT2D eigenvalue weighted by Crippen LogP contribution is -2.41. The lowest BCUT2D eigenvalue weighted by molar-refractivity contribution is 0.249. The second kappa shape index (κ2) is 9.39. The summed E-state index contributed by atoms with van der Waals surface area (Å²) in [6.45, 7) is 3.77. The lowest BCUT2D eigenvalue weighted by atomic mass is 9.86. The monoisotopic (exact) mass is 351 g/mol. The van der Waals surface area contributed by atoms with E-state index in [1.165, 1.54) is 18.4 Å². The molecule has 0 unspecified atom stereocenters. The highest BCUT2D eigenvalue weighted by molar-refractivity contribution is 5.89. The summed E-state index contributed by atoms with van der Waals surface area (Å²) in [6.07, 6.45) is 4.52. The van der Waals surface area contributed by atoms with Crippen molar-refractivity contribution in [2.45, 2.75) is 38.6 Å². The van der Waals surface area contributed by atoms with Crippen molar-refractivity contribution in [2.75, 3.05) is 18.4 Å². The van der Waals surface area contributed by atoms with Gasteiger partial charge in [0.2, 0.25) is 0 Å². The van der Waals surface area contributed by atoms with Crippen LogP contribution in [0.25, 0.3) is 0 Å². The molecule has 3 rings (SSSR count). The SMILES string of the molecule is Cc1cccc(NC(=O)NCC[C@H]2C[C@H](Cc3ccccc3)CCN2)c1. The minimum Gasteiger partial charge on any atom is -0.338 e. The summed E-state index contributed by atoms with van der Waals surface area (Å²) in [6, 6.07) is 18.9. The number of aryl methyl sites for hydroxylation is 1. The highest BCUT2D eigenvalue weighted by Gasteiger charge is 2.21. The predicted molar refractivity (Wildman–Crippen MR) is 107 cm³/mol. The number of amides is 2. The highest BCUT2D eigenvalue weighted by atomic mass is 16.2. The number of rotatable bonds is 6. The first-order valence-corrected chi connectivity index (χ1v) is 9.58. The highest BCUT2D eigenvalue weighted by Crippen LogP contribution is 2.22. The van der Waals surface area contributed by atoms with Gasteiger partial charge in [-0.15, -0.1) is 0 Å². The van der Waals surface area contributed by atoms with Crippen molar-refractivity contribution in [2.24, 2.45) is 5.92 Å². The van der Waals surface area contributed by atoms with Gasteiger partial charge in [-0.25, -0.2) is 4.79 Å². The lowest BCUT2D eigenvalue weighted by Gasteiger charge is -2.30. The van der Waals surface area contributed by atoms with Gasteiger partial charge in [0.15, 0.2) is 0 Å². The molecule has 26 heavy (non-hydrogen) atoms. The van der Waals surface area contributed by atoms with E-state index in [1.807, 2.05) is 31.2 Å². The number of hydrogen-bond donors (Lipinski definition) is 3. The number of hydrogen-bond acceptors (Lipinski definition) is 2. The van der Waals surface area contributed by atoms with Crippen molar-refractivity contribution in [3.63, 3.8) is 0 Å². The van der Waals surface area contributed by atoms with Gasteiger partial charge in [-0.05, 0) is 68.3 Å². The third kappa shape index (κ3) is 5.88. The molecule has 0 saturated carbocycles. The van der Waals surface area contributed by atoms with Crippen molar-refractivity contribution in [1.29, 1.82) is 0 Å². The molecule has 2 amide bonds. The quantitative estimate of drug-likeness (QED) is 0.733. The van der Waals surface area contributed by atoms with Crippen LogP contribution in [0.3, 0.4) is 0 Å². The van der Waals surface area contributed by atoms with Gasteiger partial charge >= 0.3 is 6.03 Å². The summed E-state index contributed by atoms with van der Waals surface area (Å²) in [7, 11) is 0. The molecular weight excluding hydrogens is 322 g/mol. The first-order valence-electron chi connectivity index (χ1n) is 9.58. The van der Waals surface area contributed by atoms with Crippen LogP contribution >= 0.6 is 0 Å². The molecule has 4 nitrogen and oxygen atoms in total. The Morgan fingerprint density at radius 2 is 2.00 bits per heavy atom. The molecule has 1 saturated heterocycles. The van der Waals surface area contributed by atoms with Crippen LogP contribution in [0.1, 0.15) is 30.4 Å². The maximum absolute atomic E-state index is 12.0. The Balaban J connectivity index is 1.38. The maximum atomic E-state index is 12.0.